The predicted molar refractivity (Wildman–Crippen MR) is 144 cm³/mol. The zero-order valence-electron chi connectivity index (χ0n) is 22.7. The Morgan fingerprint density at radius 1 is 1.00 bits per heavy atom. The summed E-state index contributed by atoms with van der Waals surface area (Å²) >= 11 is 0. The first-order valence-electron chi connectivity index (χ1n) is 13.1. The number of ether oxygens (including phenoxy) is 2. The molecule has 0 saturated heterocycles. The van der Waals surface area contributed by atoms with Crippen LogP contribution in [0.15, 0.2) is 47.4 Å². The van der Waals surface area contributed by atoms with Crippen molar-refractivity contribution in [3.63, 3.8) is 0 Å². The maximum Gasteiger partial charge on any atom is 0.308 e. The summed E-state index contributed by atoms with van der Waals surface area (Å²) in [5.41, 5.74) is -0.812. The molecule has 0 spiro atoms. The van der Waals surface area contributed by atoms with E-state index < -0.39 is 52.0 Å². The van der Waals surface area contributed by atoms with Crippen molar-refractivity contribution in [1.82, 2.24) is 9.62 Å². The van der Waals surface area contributed by atoms with Crippen LogP contribution in [0.4, 0.5) is 0 Å². The van der Waals surface area contributed by atoms with Gasteiger partial charge in [0.15, 0.2) is 0 Å². The number of hydrogen-bond acceptors (Lipinski definition) is 7. The summed E-state index contributed by atoms with van der Waals surface area (Å²) in [7, 11) is -4.19. The smallest absolute Gasteiger partial charge is 0.308 e. The summed E-state index contributed by atoms with van der Waals surface area (Å²) in [5.74, 6) is -1.69. The number of carbonyl (C=O) groups excluding carboxylic acids is 3. The van der Waals surface area contributed by atoms with Crippen LogP contribution in [0.3, 0.4) is 0 Å². The largest absolute Gasteiger partial charge is 0.466 e. The number of esters is 2. The van der Waals surface area contributed by atoms with Gasteiger partial charge in [0, 0.05) is 12.1 Å². The molecule has 1 unspecified atom stereocenters. The summed E-state index contributed by atoms with van der Waals surface area (Å²) in [6.07, 6.45) is 1.45. The molecule has 2 aromatic carbocycles. The fourth-order valence-corrected chi connectivity index (χ4v) is 5.59. The van der Waals surface area contributed by atoms with Gasteiger partial charge in [-0.2, -0.15) is 4.72 Å². The van der Waals surface area contributed by atoms with Gasteiger partial charge >= 0.3 is 11.9 Å². The number of nitrogens with one attached hydrogen (secondary N) is 1. The van der Waals surface area contributed by atoms with Crippen molar-refractivity contribution < 1.29 is 32.3 Å². The molecule has 0 aliphatic heterocycles. The SMILES string of the molecule is CCOC(=O)CC(CC)N(C(=O)[C@H](CC(=O)OC(C)(C)C)NS(=O)(=O)c1ccc2ccccc2c1)C1CC1. The quantitative estimate of drug-likeness (QED) is 0.401. The van der Waals surface area contributed by atoms with Gasteiger partial charge in [-0.25, -0.2) is 8.42 Å². The number of carbonyl (C=O) groups is 3. The maximum atomic E-state index is 13.9. The minimum absolute atomic E-state index is 0.0108. The number of sulfonamides is 1. The van der Waals surface area contributed by atoms with Crippen LogP contribution in [0.5, 0.6) is 0 Å². The molecule has 1 N–H and O–H groups in total. The molecule has 208 valence electrons. The van der Waals surface area contributed by atoms with E-state index in [1.54, 1.807) is 44.7 Å². The summed E-state index contributed by atoms with van der Waals surface area (Å²) in [6.45, 7) is 8.88. The van der Waals surface area contributed by atoms with Crippen LogP contribution in [-0.4, -0.2) is 61.5 Å². The lowest BCUT2D eigenvalue weighted by molar-refractivity contribution is -0.158. The average Bonchev–Trinajstić information content (AvgIpc) is 3.66. The Hall–Kier alpha value is -2.98. The molecule has 2 aromatic rings. The predicted octanol–water partition coefficient (Wildman–Crippen LogP) is 3.94. The number of benzene rings is 2. The fraction of sp³-hybridized carbons (Fsp3) is 0.536. The molecule has 3 rings (SSSR count). The normalized spacial score (nSPS) is 15.5. The van der Waals surface area contributed by atoms with Gasteiger partial charge in [0.2, 0.25) is 15.9 Å². The third-order valence-electron chi connectivity index (χ3n) is 6.18. The lowest BCUT2D eigenvalue weighted by atomic mass is 10.1. The van der Waals surface area contributed by atoms with Gasteiger partial charge in [-0.3, -0.25) is 14.4 Å². The lowest BCUT2D eigenvalue weighted by Crippen LogP contribution is -2.54. The van der Waals surface area contributed by atoms with E-state index in [1.165, 1.54) is 12.1 Å². The van der Waals surface area contributed by atoms with Gasteiger partial charge in [-0.15, -0.1) is 0 Å². The van der Waals surface area contributed by atoms with Crippen LogP contribution in [0.2, 0.25) is 0 Å². The van der Waals surface area contributed by atoms with Gasteiger partial charge in [-0.05, 0) is 69.9 Å². The van der Waals surface area contributed by atoms with Crippen molar-refractivity contribution in [3.8, 4) is 0 Å². The summed E-state index contributed by atoms with van der Waals surface area (Å²) in [6, 6.07) is 10.0. The molecule has 38 heavy (non-hydrogen) atoms. The third-order valence-corrected chi connectivity index (χ3v) is 7.65. The molecule has 0 heterocycles. The molecule has 1 fully saturated rings. The highest BCUT2D eigenvalue weighted by Crippen LogP contribution is 2.32. The molecule has 1 saturated carbocycles. The van der Waals surface area contributed by atoms with Crippen molar-refractivity contribution >= 4 is 38.6 Å². The second-order valence-electron chi connectivity index (χ2n) is 10.5. The Balaban J connectivity index is 1.93. The Morgan fingerprint density at radius 3 is 2.24 bits per heavy atom. The highest BCUT2D eigenvalue weighted by Gasteiger charge is 2.42. The molecule has 0 aromatic heterocycles. The number of rotatable bonds is 12. The van der Waals surface area contributed by atoms with E-state index >= 15 is 0 Å². The monoisotopic (exact) mass is 546 g/mol. The zero-order chi connectivity index (χ0) is 28.1. The third kappa shape index (κ3) is 8.01. The summed E-state index contributed by atoms with van der Waals surface area (Å²) in [5, 5.41) is 1.60. The molecule has 1 aliphatic rings. The molecule has 1 aliphatic carbocycles. The van der Waals surface area contributed by atoms with Gasteiger partial charge in [0.1, 0.15) is 11.6 Å². The second-order valence-corrected chi connectivity index (χ2v) is 12.2. The summed E-state index contributed by atoms with van der Waals surface area (Å²) in [4.78, 5) is 40.5. The Kier molecular flexibility index (Phi) is 9.54. The van der Waals surface area contributed by atoms with Crippen LogP contribution in [0.1, 0.15) is 66.7 Å². The molecule has 0 bridgehead atoms. The van der Waals surface area contributed by atoms with Crippen molar-refractivity contribution in [2.45, 2.75) is 95.3 Å². The van der Waals surface area contributed by atoms with E-state index in [-0.39, 0.29) is 24.0 Å². The minimum atomic E-state index is -4.19. The maximum absolute atomic E-state index is 13.9. The number of nitrogens with zero attached hydrogens (tertiary/aromatic N) is 1. The zero-order valence-corrected chi connectivity index (χ0v) is 23.5. The molecule has 2 atom stereocenters. The highest BCUT2D eigenvalue weighted by molar-refractivity contribution is 7.89. The lowest BCUT2D eigenvalue weighted by Gasteiger charge is -2.34. The Labute approximate surface area is 224 Å². The highest BCUT2D eigenvalue weighted by atomic mass is 32.2. The first-order chi connectivity index (χ1) is 17.8. The van der Waals surface area contributed by atoms with Crippen LogP contribution in [0.25, 0.3) is 10.8 Å². The molecule has 1 amide bonds. The molecular weight excluding hydrogens is 508 g/mol. The van der Waals surface area contributed by atoms with E-state index in [1.807, 2.05) is 25.1 Å². The van der Waals surface area contributed by atoms with Crippen molar-refractivity contribution in [2.24, 2.45) is 0 Å². The van der Waals surface area contributed by atoms with Crippen LogP contribution in [-0.2, 0) is 33.9 Å². The van der Waals surface area contributed by atoms with Crippen molar-refractivity contribution in [3.05, 3.63) is 42.5 Å². The minimum Gasteiger partial charge on any atom is -0.466 e. The Bertz CT molecular complexity index is 1270. The summed E-state index contributed by atoms with van der Waals surface area (Å²) < 4.78 is 39.9. The van der Waals surface area contributed by atoms with Crippen molar-refractivity contribution in [1.29, 1.82) is 0 Å². The number of hydrogen-bond donors (Lipinski definition) is 1. The molecule has 0 radical (unpaired) electrons. The van der Waals surface area contributed by atoms with Gasteiger partial charge < -0.3 is 14.4 Å². The van der Waals surface area contributed by atoms with E-state index in [2.05, 4.69) is 4.72 Å². The topological polar surface area (TPSA) is 119 Å². The first kappa shape index (κ1) is 29.6. The van der Waals surface area contributed by atoms with E-state index in [4.69, 9.17) is 9.47 Å². The van der Waals surface area contributed by atoms with Crippen molar-refractivity contribution in [2.75, 3.05) is 6.61 Å². The number of amides is 1. The van der Waals surface area contributed by atoms with Crippen LogP contribution < -0.4 is 4.72 Å². The number of fused-ring (bicyclic) bond motifs is 1. The second kappa shape index (κ2) is 12.3. The first-order valence-corrected chi connectivity index (χ1v) is 14.5. The molecular formula is C28H38N2O7S. The van der Waals surface area contributed by atoms with Gasteiger partial charge in [-0.1, -0.05) is 37.3 Å². The van der Waals surface area contributed by atoms with E-state index in [9.17, 15) is 22.8 Å². The van der Waals surface area contributed by atoms with Gasteiger partial charge in [0.05, 0.1) is 24.3 Å². The van der Waals surface area contributed by atoms with Crippen LogP contribution in [0, 0.1) is 0 Å². The van der Waals surface area contributed by atoms with E-state index in [0.717, 1.165) is 23.6 Å². The standard InChI is InChI=1S/C28H38N2O7S/c1-6-21(17-25(31)36-7-2)30(22-13-14-22)27(33)24(18-26(32)37-28(3,4)5)29-38(34,35)23-15-12-19-10-8-9-11-20(19)16-23/h8-12,15-16,21-22,24,29H,6-7,13-14,17-18H2,1-5H3/t21?,24-/m0/s1. The van der Waals surface area contributed by atoms with Crippen LogP contribution >= 0.6 is 0 Å². The average molecular weight is 547 g/mol. The Morgan fingerprint density at radius 2 is 1.66 bits per heavy atom. The molecule has 10 heteroatoms. The molecule has 9 nitrogen and oxygen atoms in total. The van der Waals surface area contributed by atoms with E-state index in [0.29, 0.717) is 6.42 Å². The van der Waals surface area contributed by atoms with Gasteiger partial charge in [0.25, 0.3) is 0 Å². The fourth-order valence-electron chi connectivity index (χ4n) is 4.36.